The summed E-state index contributed by atoms with van der Waals surface area (Å²) < 4.78 is 4.62. The van der Waals surface area contributed by atoms with Gasteiger partial charge in [-0.3, -0.25) is 9.59 Å². The van der Waals surface area contributed by atoms with Gasteiger partial charge in [0, 0.05) is 6.42 Å². The topological polar surface area (TPSA) is 55.4 Å². The largest absolute Gasteiger partial charge is 0.468 e. The number of amides is 1. The van der Waals surface area contributed by atoms with Crippen molar-refractivity contribution in [3.05, 3.63) is 35.4 Å². The van der Waals surface area contributed by atoms with Crippen molar-refractivity contribution in [2.75, 3.05) is 13.7 Å². The van der Waals surface area contributed by atoms with Gasteiger partial charge in [-0.1, -0.05) is 29.8 Å². The molecule has 4 nitrogen and oxygen atoms in total. The van der Waals surface area contributed by atoms with Crippen LogP contribution in [0.5, 0.6) is 0 Å². The third-order valence-electron chi connectivity index (χ3n) is 7.04. The molecule has 1 amide bonds. The molecular formula is C22H29NO3. The van der Waals surface area contributed by atoms with Gasteiger partial charge in [0.2, 0.25) is 5.91 Å². The molecule has 26 heavy (non-hydrogen) atoms. The molecule has 0 saturated heterocycles. The third kappa shape index (κ3) is 3.15. The first-order valence-corrected chi connectivity index (χ1v) is 9.83. The molecule has 5 rings (SSSR count). The zero-order valence-electron chi connectivity index (χ0n) is 15.8. The van der Waals surface area contributed by atoms with Gasteiger partial charge in [0.05, 0.1) is 7.11 Å². The van der Waals surface area contributed by atoms with E-state index in [1.54, 1.807) is 0 Å². The molecule has 4 heteroatoms. The number of carbonyl (C=O) groups is 2. The first-order chi connectivity index (χ1) is 12.4. The van der Waals surface area contributed by atoms with Crippen LogP contribution in [0.2, 0.25) is 0 Å². The molecule has 1 aromatic carbocycles. The van der Waals surface area contributed by atoms with E-state index >= 15 is 0 Å². The molecule has 2 atom stereocenters. The van der Waals surface area contributed by atoms with Crippen LogP contribution in [0.15, 0.2) is 24.3 Å². The summed E-state index contributed by atoms with van der Waals surface area (Å²) in [5.41, 5.74) is 3.13. The van der Waals surface area contributed by atoms with Crippen molar-refractivity contribution in [2.45, 2.75) is 57.3 Å². The maximum Gasteiger partial charge on any atom is 0.325 e. The summed E-state index contributed by atoms with van der Waals surface area (Å²) in [6.45, 7) is 2.11. The molecule has 0 radical (unpaired) electrons. The minimum atomic E-state index is -0.389. The van der Waals surface area contributed by atoms with E-state index in [4.69, 9.17) is 0 Å². The van der Waals surface area contributed by atoms with Crippen molar-refractivity contribution in [1.82, 2.24) is 5.32 Å². The molecule has 0 aliphatic heterocycles. The van der Waals surface area contributed by atoms with Gasteiger partial charge in [0.15, 0.2) is 0 Å². The summed E-state index contributed by atoms with van der Waals surface area (Å²) in [7, 11) is 1.35. The number of ether oxygens (including phenoxy) is 1. The summed E-state index contributed by atoms with van der Waals surface area (Å²) in [4.78, 5) is 23.8. The molecule has 4 aliphatic carbocycles. The van der Waals surface area contributed by atoms with Crippen LogP contribution < -0.4 is 5.32 Å². The Bertz CT molecular complexity index is 695. The van der Waals surface area contributed by atoms with Crippen LogP contribution in [0.4, 0.5) is 0 Å². The molecule has 0 heterocycles. The Morgan fingerprint density at radius 1 is 1.12 bits per heavy atom. The van der Waals surface area contributed by atoms with Crippen LogP contribution in [-0.4, -0.2) is 25.5 Å². The molecule has 0 aromatic heterocycles. The highest BCUT2D eigenvalue weighted by molar-refractivity contribution is 5.82. The van der Waals surface area contributed by atoms with Gasteiger partial charge >= 0.3 is 5.97 Å². The highest BCUT2D eigenvalue weighted by atomic mass is 16.5. The van der Waals surface area contributed by atoms with Crippen molar-refractivity contribution >= 4 is 11.9 Å². The summed E-state index contributed by atoms with van der Waals surface area (Å²) >= 11 is 0. The minimum Gasteiger partial charge on any atom is -0.468 e. The Morgan fingerprint density at radius 3 is 2.38 bits per heavy atom. The summed E-state index contributed by atoms with van der Waals surface area (Å²) in [6.07, 6.45) is 7.88. The van der Waals surface area contributed by atoms with Crippen molar-refractivity contribution in [3.63, 3.8) is 0 Å². The van der Waals surface area contributed by atoms with Gasteiger partial charge < -0.3 is 10.1 Å². The van der Waals surface area contributed by atoms with E-state index in [9.17, 15) is 9.59 Å². The molecule has 1 aromatic rings. The van der Waals surface area contributed by atoms with Crippen LogP contribution in [0, 0.1) is 24.2 Å². The zero-order chi connectivity index (χ0) is 18.4. The van der Waals surface area contributed by atoms with E-state index < -0.39 is 0 Å². The lowest BCUT2D eigenvalue weighted by molar-refractivity contribution is -0.142. The number of nitrogens with one attached hydrogen (secondary N) is 1. The van der Waals surface area contributed by atoms with Crippen molar-refractivity contribution in [2.24, 2.45) is 17.3 Å². The summed E-state index contributed by atoms with van der Waals surface area (Å²) in [5.74, 6) is 1.09. The molecule has 4 aliphatic rings. The fourth-order valence-electron chi connectivity index (χ4n) is 6.55. The van der Waals surface area contributed by atoms with Crippen molar-refractivity contribution in [1.29, 1.82) is 0 Å². The number of aryl methyl sites for hydroxylation is 1. The average Bonchev–Trinajstić information content (AvgIpc) is 2.58. The summed E-state index contributed by atoms with van der Waals surface area (Å²) in [6, 6.07) is 9.08. The third-order valence-corrected chi connectivity index (χ3v) is 7.04. The fraction of sp³-hybridized carbons (Fsp3) is 0.636. The number of rotatable bonds is 5. The Kier molecular flexibility index (Phi) is 4.32. The van der Waals surface area contributed by atoms with E-state index in [2.05, 4.69) is 41.2 Å². The molecule has 4 saturated carbocycles. The lowest BCUT2D eigenvalue weighted by atomic mass is 9.42. The van der Waals surface area contributed by atoms with E-state index in [1.165, 1.54) is 50.3 Å². The Balaban J connectivity index is 1.53. The number of esters is 1. The molecule has 4 fully saturated rings. The van der Waals surface area contributed by atoms with Crippen LogP contribution in [-0.2, 0) is 19.7 Å². The SMILES string of the molecule is COC(=O)CNC(=O)CC12CC3CC(C1)CC(c1ccc(C)cc1)(C3)C2. The zero-order valence-corrected chi connectivity index (χ0v) is 15.8. The molecular weight excluding hydrogens is 326 g/mol. The average molecular weight is 355 g/mol. The number of benzene rings is 1. The molecule has 1 N–H and O–H groups in total. The van der Waals surface area contributed by atoms with Crippen LogP contribution in [0.1, 0.15) is 56.1 Å². The highest BCUT2D eigenvalue weighted by Gasteiger charge is 2.58. The smallest absolute Gasteiger partial charge is 0.325 e. The first kappa shape index (κ1) is 17.6. The highest BCUT2D eigenvalue weighted by Crippen LogP contribution is 2.66. The number of hydrogen-bond acceptors (Lipinski definition) is 3. The quantitative estimate of drug-likeness (QED) is 0.822. The number of carbonyl (C=O) groups excluding carboxylic acids is 2. The van der Waals surface area contributed by atoms with Crippen molar-refractivity contribution < 1.29 is 14.3 Å². The molecule has 4 bridgehead atoms. The Morgan fingerprint density at radius 2 is 1.77 bits per heavy atom. The fourth-order valence-corrected chi connectivity index (χ4v) is 6.55. The van der Waals surface area contributed by atoms with E-state index in [0.717, 1.165) is 18.3 Å². The number of hydrogen-bond donors (Lipinski definition) is 1. The standard InChI is InChI=1S/C22H29NO3/c1-15-3-5-18(6-4-15)22-10-16-7-17(11-22)9-21(8-16,14-22)12-19(24)23-13-20(25)26-2/h3-6,16-17H,7-14H2,1-2H3,(H,23,24). The van der Waals surface area contributed by atoms with Crippen LogP contribution in [0.25, 0.3) is 0 Å². The lowest BCUT2D eigenvalue weighted by Gasteiger charge is -2.62. The van der Waals surface area contributed by atoms with E-state index in [-0.39, 0.29) is 29.3 Å². The van der Waals surface area contributed by atoms with Gasteiger partial charge in [-0.05, 0) is 73.7 Å². The van der Waals surface area contributed by atoms with Gasteiger partial charge in [-0.15, -0.1) is 0 Å². The second kappa shape index (κ2) is 6.40. The predicted octanol–water partition coefficient (Wildman–Crippen LogP) is 3.51. The van der Waals surface area contributed by atoms with Gasteiger partial charge in [0.25, 0.3) is 0 Å². The van der Waals surface area contributed by atoms with Crippen LogP contribution >= 0.6 is 0 Å². The van der Waals surface area contributed by atoms with Gasteiger partial charge in [0.1, 0.15) is 6.54 Å². The van der Waals surface area contributed by atoms with Crippen LogP contribution in [0.3, 0.4) is 0 Å². The second-order valence-corrected chi connectivity index (χ2v) is 9.14. The second-order valence-electron chi connectivity index (χ2n) is 9.14. The van der Waals surface area contributed by atoms with Crippen molar-refractivity contribution in [3.8, 4) is 0 Å². The maximum atomic E-state index is 12.5. The Labute approximate surface area is 155 Å². The Hall–Kier alpha value is -1.84. The monoisotopic (exact) mass is 355 g/mol. The van der Waals surface area contributed by atoms with E-state index in [1.807, 2.05) is 0 Å². The maximum absolute atomic E-state index is 12.5. The normalized spacial score (nSPS) is 34.5. The molecule has 0 spiro atoms. The van der Waals surface area contributed by atoms with E-state index in [0.29, 0.717) is 6.42 Å². The first-order valence-electron chi connectivity index (χ1n) is 9.83. The number of methoxy groups -OCH3 is 1. The molecule has 140 valence electrons. The van der Waals surface area contributed by atoms with Gasteiger partial charge in [-0.2, -0.15) is 0 Å². The molecule has 2 unspecified atom stereocenters. The predicted molar refractivity (Wildman–Crippen MR) is 99.6 cm³/mol. The minimum absolute atomic E-state index is 0.00333. The van der Waals surface area contributed by atoms with Gasteiger partial charge in [-0.25, -0.2) is 0 Å². The lowest BCUT2D eigenvalue weighted by Crippen LogP contribution is -2.55. The summed E-state index contributed by atoms with van der Waals surface area (Å²) in [5, 5.41) is 2.75.